The zero-order valence-corrected chi connectivity index (χ0v) is 17.9. The molecular formula is C22H26N4O3S. The molecule has 1 saturated heterocycles. The number of furan rings is 1. The molecule has 0 radical (unpaired) electrons. The van der Waals surface area contributed by atoms with Crippen molar-refractivity contribution >= 4 is 17.4 Å². The molecule has 0 unspecified atom stereocenters. The smallest absolute Gasteiger partial charge is 0.317 e. The average molecular weight is 427 g/mol. The standard InChI is InChI=1S/C22H26N4O3S/c1-28-18-6-4-17(5-7-18)8-9-23-22(27)26-12-10-25(11-13-26)15-21-24-19(16-30-21)20-3-2-14-29-20/h2-7,14,16H,8-13,15H2,1H3,(H,23,27). The second-order valence-corrected chi connectivity index (χ2v) is 8.14. The summed E-state index contributed by atoms with van der Waals surface area (Å²) in [5.41, 5.74) is 2.06. The molecule has 1 N–H and O–H groups in total. The molecule has 7 nitrogen and oxygen atoms in total. The topological polar surface area (TPSA) is 70.8 Å². The summed E-state index contributed by atoms with van der Waals surface area (Å²) in [5, 5.41) is 6.13. The van der Waals surface area contributed by atoms with Crippen LogP contribution in [0, 0.1) is 0 Å². The van der Waals surface area contributed by atoms with Crippen LogP contribution >= 0.6 is 11.3 Å². The van der Waals surface area contributed by atoms with Gasteiger partial charge in [-0.25, -0.2) is 9.78 Å². The number of urea groups is 1. The molecule has 0 spiro atoms. The first-order valence-corrected chi connectivity index (χ1v) is 11.0. The number of thiazole rings is 1. The van der Waals surface area contributed by atoms with Crippen LogP contribution < -0.4 is 10.1 Å². The van der Waals surface area contributed by atoms with E-state index in [1.54, 1.807) is 24.7 Å². The Morgan fingerprint density at radius 3 is 2.70 bits per heavy atom. The summed E-state index contributed by atoms with van der Waals surface area (Å²) < 4.78 is 10.6. The van der Waals surface area contributed by atoms with E-state index >= 15 is 0 Å². The molecule has 4 rings (SSSR count). The van der Waals surface area contributed by atoms with Crippen LogP contribution in [0.5, 0.6) is 5.75 Å². The summed E-state index contributed by atoms with van der Waals surface area (Å²) in [4.78, 5) is 21.3. The minimum atomic E-state index is 0.0116. The molecule has 2 aromatic heterocycles. The van der Waals surface area contributed by atoms with Gasteiger partial charge in [0.15, 0.2) is 5.76 Å². The van der Waals surface area contributed by atoms with Gasteiger partial charge in [-0.1, -0.05) is 12.1 Å². The van der Waals surface area contributed by atoms with Gasteiger partial charge in [0.2, 0.25) is 0 Å². The molecule has 0 saturated carbocycles. The zero-order valence-electron chi connectivity index (χ0n) is 17.0. The number of carbonyl (C=O) groups excluding carboxylic acids is 1. The summed E-state index contributed by atoms with van der Waals surface area (Å²) in [6.45, 7) is 4.58. The van der Waals surface area contributed by atoms with Crippen LogP contribution in [0.4, 0.5) is 4.79 Å². The highest BCUT2D eigenvalue weighted by atomic mass is 32.1. The van der Waals surface area contributed by atoms with Crippen LogP contribution in [0.25, 0.3) is 11.5 Å². The number of ether oxygens (including phenoxy) is 1. The Balaban J connectivity index is 1.18. The van der Waals surface area contributed by atoms with Gasteiger partial charge < -0.3 is 19.4 Å². The normalized spacial score (nSPS) is 14.6. The molecule has 0 bridgehead atoms. The Labute approximate surface area is 180 Å². The van der Waals surface area contributed by atoms with Crippen molar-refractivity contribution in [2.75, 3.05) is 39.8 Å². The molecule has 1 fully saturated rings. The first-order chi connectivity index (χ1) is 14.7. The van der Waals surface area contributed by atoms with Gasteiger partial charge in [-0.3, -0.25) is 4.90 Å². The molecule has 3 heterocycles. The maximum Gasteiger partial charge on any atom is 0.317 e. The van der Waals surface area contributed by atoms with E-state index in [2.05, 4.69) is 15.2 Å². The van der Waals surface area contributed by atoms with E-state index in [4.69, 9.17) is 9.15 Å². The summed E-state index contributed by atoms with van der Waals surface area (Å²) >= 11 is 1.65. The van der Waals surface area contributed by atoms with Gasteiger partial charge in [-0.05, 0) is 36.2 Å². The second-order valence-electron chi connectivity index (χ2n) is 7.20. The van der Waals surface area contributed by atoms with E-state index < -0.39 is 0 Å². The van der Waals surface area contributed by atoms with Crippen LogP contribution in [-0.2, 0) is 13.0 Å². The van der Waals surface area contributed by atoms with Crippen molar-refractivity contribution in [1.29, 1.82) is 0 Å². The third kappa shape index (κ3) is 5.20. The lowest BCUT2D eigenvalue weighted by atomic mass is 10.1. The van der Waals surface area contributed by atoms with Crippen molar-refractivity contribution in [2.24, 2.45) is 0 Å². The fraction of sp³-hybridized carbons (Fsp3) is 0.364. The van der Waals surface area contributed by atoms with Crippen molar-refractivity contribution in [3.63, 3.8) is 0 Å². The SMILES string of the molecule is COc1ccc(CCNC(=O)N2CCN(Cc3nc(-c4ccco4)cs3)CC2)cc1. The lowest BCUT2D eigenvalue weighted by Gasteiger charge is -2.34. The average Bonchev–Trinajstić information content (AvgIpc) is 3.47. The number of methoxy groups -OCH3 is 1. The Bertz CT molecular complexity index is 932. The lowest BCUT2D eigenvalue weighted by molar-refractivity contribution is 0.135. The van der Waals surface area contributed by atoms with E-state index in [1.807, 2.05) is 46.7 Å². The summed E-state index contributed by atoms with van der Waals surface area (Å²) in [5.74, 6) is 1.64. The summed E-state index contributed by atoms with van der Waals surface area (Å²) in [6, 6.07) is 11.7. The molecule has 2 amide bonds. The molecular weight excluding hydrogens is 400 g/mol. The minimum absolute atomic E-state index is 0.0116. The first kappa shape index (κ1) is 20.4. The molecule has 1 aromatic carbocycles. The minimum Gasteiger partial charge on any atom is -0.497 e. The van der Waals surface area contributed by atoms with Crippen molar-refractivity contribution in [3.8, 4) is 17.2 Å². The largest absolute Gasteiger partial charge is 0.497 e. The molecule has 1 aliphatic rings. The number of rotatable bonds is 7. The van der Waals surface area contributed by atoms with Crippen LogP contribution in [0.1, 0.15) is 10.6 Å². The van der Waals surface area contributed by atoms with Crippen LogP contribution in [0.2, 0.25) is 0 Å². The second kappa shape index (κ2) is 9.77. The van der Waals surface area contributed by atoms with Gasteiger partial charge in [0.05, 0.1) is 19.9 Å². The van der Waals surface area contributed by atoms with Crippen molar-refractivity contribution in [3.05, 3.63) is 58.6 Å². The maximum atomic E-state index is 12.4. The molecule has 3 aromatic rings. The number of nitrogens with zero attached hydrogens (tertiary/aromatic N) is 3. The molecule has 8 heteroatoms. The van der Waals surface area contributed by atoms with Gasteiger partial charge in [0, 0.05) is 38.1 Å². The van der Waals surface area contributed by atoms with Gasteiger partial charge in [0.1, 0.15) is 16.5 Å². The number of aromatic nitrogens is 1. The monoisotopic (exact) mass is 426 g/mol. The molecule has 158 valence electrons. The predicted molar refractivity (Wildman–Crippen MR) is 117 cm³/mol. The number of nitrogens with one attached hydrogen (secondary N) is 1. The number of hydrogen-bond donors (Lipinski definition) is 1. The van der Waals surface area contributed by atoms with E-state index in [0.29, 0.717) is 6.54 Å². The number of hydrogen-bond acceptors (Lipinski definition) is 6. The summed E-state index contributed by atoms with van der Waals surface area (Å²) in [7, 11) is 1.66. The first-order valence-electron chi connectivity index (χ1n) is 10.1. The molecule has 0 atom stereocenters. The Kier molecular flexibility index (Phi) is 6.66. The van der Waals surface area contributed by atoms with Gasteiger partial charge in [-0.2, -0.15) is 0 Å². The number of piperazine rings is 1. The number of benzene rings is 1. The number of amides is 2. The highest BCUT2D eigenvalue weighted by Crippen LogP contribution is 2.23. The van der Waals surface area contributed by atoms with E-state index in [1.165, 1.54) is 5.56 Å². The van der Waals surface area contributed by atoms with Gasteiger partial charge in [0.25, 0.3) is 0 Å². The maximum absolute atomic E-state index is 12.4. The molecule has 1 aliphatic heterocycles. The van der Waals surface area contributed by atoms with Gasteiger partial charge in [-0.15, -0.1) is 11.3 Å². The van der Waals surface area contributed by atoms with E-state index in [0.717, 1.165) is 61.4 Å². The van der Waals surface area contributed by atoms with Crippen LogP contribution in [0.3, 0.4) is 0 Å². The van der Waals surface area contributed by atoms with Crippen molar-refractivity contribution in [2.45, 2.75) is 13.0 Å². The third-order valence-electron chi connectivity index (χ3n) is 5.19. The van der Waals surface area contributed by atoms with Crippen molar-refractivity contribution in [1.82, 2.24) is 20.1 Å². The Morgan fingerprint density at radius 1 is 1.20 bits per heavy atom. The summed E-state index contributed by atoms with van der Waals surface area (Å²) in [6.07, 6.45) is 2.47. The Morgan fingerprint density at radius 2 is 2.00 bits per heavy atom. The van der Waals surface area contributed by atoms with E-state index in [9.17, 15) is 4.79 Å². The fourth-order valence-electron chi connectivity index (χ4n) is 3.44. The highest BCUT2D eigenvalue weighted by Gasteiger charge is 2.21. The number of carbonyl (C=O) groups is 1. The highest BCUT2D eigenvalue weighted by molar-refractivity contribution is 7.09. The molecule has 30 heavy (non-hydrogen) atoms. The third-order valence-corrected chi connectivity index (χ3v) is 6.03. The van der Waals surface area contributed by atoms with Crippen molar-refractivity contribution < 1.29 is 13.9 Å². The lowest BCUT2D eigenvalue weighted by Crippen LogP contribution is -2.51. The van der Waals surface area contributed by atoms with Gasteiger partial charge >= 0.3 is 6.03 Å². The fourth-order valence-corrected chi connectivity index (χ4v) is 4.26. The zero-order chi connectivity index (χ0) is 20.8. The predicted octanol–water partition coefficient (Wildman–Crippen LogP) is 3.48. The molecule has 0 aliphatic carbocycles. The quantitative estimate of drug-likeness (QED) is 0.626. The van der Waals surface area contributed by atoms with Crippen LogP contribution in [-0.4, -0.2) is 60.6 Å². The van der Waals surface area contributed by atoms with E-state index in [-0.39, 0.29) is 6.03 Å². The van der Waals surface area contributed by atoms with Crippen LogP contribution in [0.15, 0.2) is 52.5 Å². The Hall–Kier alpha value is -2.84.